The van der Waals surface area contributed by atoms with Gasteiger partial charge in [0.15, 0.2) is 0 Å². The fourth-order valence-corrected chi connectivity index (χ4v) is 8.08. The number of benzene rings is 2. The predicted octanol–water partition coefficient (Wildman–Crippen LogP) is 7.62. The second-order valence-electron chi connectivity index (χ2n) is 12.9. The van der Waals surface area contributed by atoms with Crippen molar-refractivity contribution in [3.05, 3.63) is 58.7 Å². The number of carbonyl (C=O) groups is 2. The first-order valence-corrected chi connectivity index (χ1v) is 16.0. The Morgan fingerprint density at radius 1 is 0.875 bits per heavy atom. The van der Waals surface area contributed by atoms with Crippen molar-refractivity contribution in [3.63, 3.8) is 0 Å². The molecule has 0 aromatic heterocycles. The maximum Gasteiger partial charge on any atom is 0.374 e. The number of hydrogen-bond donors (Lipinski definition) is 1. The van der Waals surface area contributed by atoms with Gasteiger partial charge in [0.25, 0.3) is 0 Å². The Morgan fingerprint density at radius 2 is 1.50 bits per heavy atom. The molecule has 3 aliphatic rings. The molecule has 0 saturated heterocycles. The molecular formula is C36H48O4. The van der Waals surface area contributed by atoms with Gasteiger partial charge in [-0.1, -0.05) is 49.7 Å². The van der Waals surface area contributed by atoms with Crippen LogP contribution in [0.3, 0.4) is 0 Å². The molecule has 0 heterocycles. The molecule has 0 radical (unpaired) electrons. The van der Waals surface area contributed by atoms with Gasteiger partial charge in [-0.15, -0.1) is 0 Å². The summed E-state index contributed by atoms with van der Waals surface area (Å²) < 4.78 is 5.23. The van der Waals surface area contributed by atoms with Crippen molar-refractivity contribution in [2.24, 2.45) is 23.7 Å². The van der Waals surface area contributed by atoms with Crippen molar-refractivity contribution in [2.75, 3.05) is 13.2 Å². The third-order valence-electron chi connectivity index (χ3n) is 10.4. The molecule has 2 aromatic carbocycles. The zero-order valence-electron chi connectivity index (χ0n) is 24.6. The van der Waals surface area contributed by atoms with Crippen molar-refractivity contribution in [1.82, 2.24) is 0 Å². The normalized spacial score (nSPS) is 25.0. The van der Waals surface area contributed by atoms with Crippen LogP contribution in [0.15, 0.2) is 36.4 Å². The third-order valence-corrected chi connectivity index (χ3v) is 10.4. The minimum atomic E-state index is -0.752. The highest BCUT2D eigenvalue weighted by Crippen LogP contribution is 2.46. The molecule has 1 unspecified atom stereocenters. The summed E-state index contributed by atoms with van der Waals surface area (Å²) in [6.07, 6.45) is 15.3. The van der Waals surface area contributed by atoms with Gasteiger partial charge in [-0.3, -0.25) is 4.79 Å². The number of carbonyl (C=O) groups excluding carboxylic acids is 2. The smallest absolute Gasteiger partial charge is 0.374 e. The molecule has 2 fully saturated rings. The fourth-order valence-electron chi connectivity index (χ4n) is 8.08. The van der Waals surface area contributed by atoms with E-state index >= 15 is 0 Å². The molecule has 3 aliphatic carbocycles. The topological polar surface area (TPSA) is 63.6 Å². The molecular weight excluding hydrogens is 496 g/mol. The molecule has 0 spiro atoms. The lowest BCUT2D eigenvalue weighted by atomic mass is 9.66. The second kappa shape index (κ2) is 13.5. The molecule has 2 saturated carbocycles. The van der Waals surface area contributed by atoms with Crippen molar-refractivity contribution in [2.45, 2.75) is 103 Å². The average Bonchev–Trinajstić information content (AvgIpc) is 2.99. The number of aliphatic hydroxyl groups is 1. The van der Waals surface area contributed by atoms with E-state index in [2.05, 4.69) is 43.3 Å². The van der Waals surface area contributed by atoms with E-state index in [1.165, 1.54) is 80.5 Å². The van der Waals surface area contributed by atoms with E-state index in [-0.39, 0.29) is 19.1 Å². The Bertz CT molecular complexity index is 1170. The molecule has 5 rings (SSSR count). The Kier molecular flexibility index (Phi) is 9.78. The average molecular weight is 545 g/mol. The number of aliphatic hydroxyl groups excluding tert-OH is 1. The minimum absolute atomic E-state index is 0.0985. The highest BCUT2D eigenvalue weighted by molar-refractivity contribution is 6.32. The maximum atomic E-state index is 11.6. The largest absolute Gasteiger partial charge is 0.460 e. The van der Waals surface area contributed by atoms with Crippen molar-refractivity contribution >= 4 is 11.8 Å². The van der Waals surface area contributed by atoms with E-state index in [1.54, 1.807) is 11.1 Å². The lowest BCUT2D eigenvalue weighted by Crippen LogP contribution is -2.31. The molecule has 1 atom stereocenters. The molecule has 2 aromatic rings. The fraction of sp³-hybridized carbons (Fsp3) is 0.611. The van der Waals surface area contributed by atoms with Gasteiger partial charge < -0.3 is 9.84 Å². The summed E-state index contributed by atoms with van der Waals surface area (Å²) in [5, 5.41) is 9.55. The van der Waals surface area contributed by atoms with Gasteiger partial charge in [-0.25, -0.2) is 4.79 Å². The highest BCUT2D eigenvalue weighted by Gasteiger charge is 2.34. The first-order valence-electron chi connectivity index (χ1n) is 16.0. The van der Waals surface area contributed by atoms with Crippen LogP contribution in [0.5, 0.6) is 0 Å². The van der Waals surface area contributed by atoms with Gasteiger partial charge in [0.2, 0.25) is 5.78 Å². The van der Waals surface area contributed by atoms with E-state index in [9.17, 15) is 14.7 Å². The van der Waals surface area contributed by atoms with Gasteiger partial charge in [-0.05, 0) is 140 Å². The van der Waals surface area contributed by atoms with Crippen LogP contribution < -0.4 is 0 Å². The van der Waals surface area contributed by atoms with Gasteiger partial charge in [0, 0.05) is 13.5 Å². The van der Waals surface area contributed by atoms with E-state index < -0.39 is 11.8 Å². The maximum absolute atomic E-state index is 11.6. The van der Waals surface area contributed by atoms with Crippen LogP contribution in [0.2, 0.25) is 0 Å². The quantitative estimate of drug-likeness (QED) is 0.247. The Hall–Kier alpha value is -2.46. The van der Waals surface area contributed by atoms with Crippen LogP contribution in [-0.2, 0) is 33.6 Å². The third kappa shape index (κ3) is 6.70. The Morgan fingerprint density at radius 3 is 2.12 bits per heavy atom. The molecule has 1 N–H and O–H groups in total. The van der Waals surface area contributed by atoms with E-state index in [1.807, 2.05) is 0 Å². The zero-order valence-corrected chi connectivity index (χ0v) is 24.6. The lowest BCUT2D eigenvalue weighted by Gasteiger charge is -2.40. The van der Waals surface area contributed by atoms with Gasteiger partial charge >= 0.3 is 5.97 Å². The van der Waals surface area contributed by atoms with E-state index in [0.29, 0.717) is 18.3 Å². The van der Waals surface area contributed by atoms with Crippen LogP contribution in [-0.4, -0.2) is 30.1 Å². The number of rotatable bonds is 10. The number of ether oxygens (including phenoxy) is 1. The summed E-state index contributed by atoms with van der Waals surface area (Å²) in [6, 6.07) is 14.5. The minimum Gasteiger partial charge on any atom is -0.460 e. The van der Waals surface area contributed by atoms with Gasteiger partial charge in [0.1, 0.15) is 0 Å². The van der Waals surface area contributed by atoms with Crippen LogP contribution in [0.4, 0.5) is 0 Å². The van der Waals surface area contributed by atoms with Crippen LogP contribution in [0.1, 0.15) is 106 Å². The molecule has 4 nitrogen and oxygen atoms in total. The molecule has 0 amide bonds. The highest BCUT2D eigenvalue weighted by atomic mass is 16.5. The number of Topliss-reactive ketones (excluding diaryl/α,β-unsaturated/α-hetero) is 1. The summed E-state index contributed by atoms with van der Waals surface area (Å²) in [4.78, 5) is 22.9. The first-order chi connectivity index (χ1) is 19.5. The summed E-state index contributed by atoms with van der Waals surface area (Å²) >= 11 is 0. The standard InChI is InChI=1S/C36H48O4/c1-3-4-25-5-17-34-31(21-25)14-15-32-22-30(16-18-35(32)34)28-10-6-26(7-11-28)27-8-12-29(13-9-27)33(19-20-37)23-40-36(39)24(2)38/h5,16-18,21-22,26-29,33,37H,3-4,6-15,19-20,23H2,1-2H3. The van der Waals surface area contributed by atoms with Crippen molar-refractivity contribution < 1.29 is 19.4 Å². The number of hydrogen-bond acceptors (Lipinski definition) is 4. The molecule has 0 aliphatic heterocycles. The summed E-state index contributed by atoms with van der Waals surface area (Å²) in [5.41, 5.74) is 9.01. The predicted molar refractivity (Wildman–Crippen MR) is 160 cm³/mol. The summed E-state index contributed by atoms with van der Waals surface area (Å²) in [6.45, 7) is 3.86. The number of aryl methyl sites for hydroxylation is 3. The van der Waals surface area contributed by atoms with E-state index in [0.717, 1.165) is 37.5 Å². The molecule has 4 heteroatoms. The summed E-state index contributed by atoms with van der Waals surface area (Å²) in [5.74, 6) is 1.63. The summed E-state index contributed by atoms with van der Waals surface area (Å²) in [7, 11) is 0. The van der Waals surface area contributed by atoms with Crippen molar-refractivity contribution in [3.8, 4) is 11.1 Å². The van der Waals surface area contributed by atoms with Crippen LogP contribution in [0.25, 0.3) is 11.1 Å². The first kappa shape index (κ1) is 29.0. The SMILES string of the molecule is CCCc1ccc2c(c1)CCc1cc(C3CCC(C4CCC(C(CCO)COC(=O)C(C)=O)CC4)CC3)ccc1-2. The van der Waals surface area contributed by atoms with Gasteiger partial charge in [-0.2, -0.15) is 0 Å². The van der Waals surface area contributed by atoms with Gasteiger partial charge in [0.05, 0.1) is 6.61 Å². The molecule has 0 bridgehead atoms. The van der Waals surface area contributed by atoms with Crippen LogP contribution in [0, 0.1) is 23.7 Å². The number of ketones is 1. The molecule has 216 valence electrons. The monoisotopic (exact) mass is 544 g/mol. The van der Waals surface area contributed by atoms with E-state index in [4.69, 9.17) is 4.74 Å². The van der Waals surface area contributed by atoms with Crippen molar-refractivity contribution in [1.29, 1.82) is 0 Å². The Labute approximate surface area is 240 Å². The van der Waals surface area contributed by atoms with Crippen LogP contribution >= 0.6 is 0 Å². The number of esters is 1. The molecule has 40 heavy (non-hydrogen) atoms. The second-order valence-corrected chi connectivity index (χ2v) is 12.9. The number of fused-ring (bicyclic) bond motifs is 3. The lowest BCUT2D eigenvalue weighted by molar-refractivity contribution is -0.154. The Balaban J connectivity index is 1.13. The zero-order chi connectivity index (χ0) is 28.1.